The highest BCUT2D eigenvalue weighted by atomic mass is 32.9. The summed E-state index contributed by atoms with van der Waals surface area (Å²) in [7, 11) is 3.52. The molecular formula is C23H26N2O2S2. The Morgan fingerprint density at radius 3 is 2.45 bits per heavy atom. The number of hydrogen-bond donors (Lipinski definition) is 1. The number of nitrogens with zero attached hydrogens (tertiary/aromatic N) is 1. The number of benzene rings is 2. The van der Waals surface area contributed by atoms with Gasteiger partial charge in [-0.25, -0.2) is 4.99 Å². The van der Waals surface area contributed by atoms with Gasteiger partial charge in [0, 0.05) is 16.8 Å². The van der Waals surface area contributed by atoms with Crippen LogP contribution < -0.4 is 19.5 Å². The zero-order valence-corrected chi connectivity index (χ0v) is 18.9. The molecule has 29 heavy (non-hydrogen) atoms. The fraction of sp³-hybridized carbons (Fsp3) is 0.348. The second kappa shape index (κ2) is 8.20. The van der Waals surface area contributed by atoms with Crippen LogP contribution in [0, 0.1) is 0 Å². The fourth-order valence-electron chi connectivity index (χ4n) is 3.43. The van der Waals surface area contributed by atoms with Crippen LogP contribution >= 0.6 is 20.7 Å². The first-order chi connectivity index (χ1) is 14.0. The van der Waals surface area contributed by atoms with Crippen molar-refractivity contribution in [3.05, 3.63) is 52.0 Å². The van der Waals surface area contributed by atoms with E-state index < -0.39 is 0 Å². The van der Waals surface area contributed by atoms with Crippen molar-refractivity contribution in [3.63, 3.8) is 0 Å². The van der Waals surface area contributed by atoms with Crippen LogP contribution in [0.5, 0.6) is 11.5 Å². The van der Waals surface area contributed by atoms with E-state index in [1.165, 1.54) is 10.4 Å². The van der Waals surface area contributed by atoms with Gasteiger partial charge in [-0.3, -0.25) is 0 Å². The Balaban J connectivity index is 1.79. The van der Waals surface area contributed by atoms with Gasteiger partial charge >= 0.3 is 0 Å². The lowest BCUT2D eigenvalue weighted by molar-refractivity contribution is 0.317. The van der Waals surface area contributed by atoms with E-state index in [1.54, 1.807) is 20.7 Å². The fourth-order valence-corrected chi connectivity index (χ4v) is 6.37. The molecule has 1 aromatic heterocycles. The molecule has 0 atom stereocenters. The minimum absolute atomic E-state index is 0.137. The molecule has 0 bridgehead atoms. The maximum Gasteiger partial charge on any atom is 0.135 e. The van der Waals surface area contributed by atoms with Crippen molar-refractivity contribution in [2.24, 2.45) is 4.99 Å². The van der Waals surface area contributed by atoms with E-state index in [0.29, 0.717) is 6.61 Å². The van der Waals surface area contributed by atoms with Gasteiger partial charge in [-0.05, 0) is 69.7 Å². The van der Waals surface area contributed by atoms with Gasteiger partial charge in [0.05, 0.1) is 29.3 Å². The summed E-state index contributed by atoms with van der Waals surface area (Å²) in [6.07, 6.45) is 1.00. The number of fused-ring (bicyclic) bond motifs is 3. The van der Waals surface area contributed by atoms with Gasteiger partial charge in [-0.1, -0.05) is 27.6 Å². The van der Waals surface area contributed by atoms with Crippen molar-refractivity contribution >= 4 is 32.1 Å². The molecule has 1 N–H and O–H groups in total. The second-order valence-corrected chi connectivity index (χ2v) is 9.65. The molecule has 2 heterocycles. The quantitative estimate of drug-likeness (QED) is 0.454. The first kappa shape index (κ1) is 20.0. The lowest BCUT2D eigenvalue weighted by Gasteiger charge is -2.33. The van der Waals surface area contributed by atoms with Crippen LogP contribution in [0.3, 0.4) is 0 Å². The molecule has 1 aliphatic heterocycles. The van der Waals surface area contributed by atoms with Crippen molar-refractivity contribution in [3.8, 4) is 22.6 Å². The van der Waals surface area contributed by atoms with E-state index in [0.717, 1.165) is 46.1 Å². The van der Waals surface area contributed by atoms with Crippen molar-refractivity contribution in [2.75, 3.05) is 18.5 Å². The standard InChI is InChI=1S/C23H26N2O2S2/c1-5-13-27-16-9-7-15(8-10-16)24-22-20-18-14-17(26-6-2)11-12-19(18)25-23(3,4)21(20)28-29-22/h7-12,14,25H,5-6,13H2,1-4H3. The largest absolute Gasteiger partial charge is 0.494 e. The van der Waals surface area contributed by atoms with E-state index >= 15 is 0 Å². The van der Waals surface area contributed by atoms with E-state index in [2.05, 4.69) is 38.2 Å². The maximum absolute atomic E-state index is 5.75. The van der Waals surface area contributed by atoms with Gasteiger partial charge in [0.2, 0.25) is 0 Å². The summed E-state index contributed by atoms with van der Waals surface area (Å²) in [5, 5.41) is 3.67. The van der Waals surface area contributed by atoms with Crippen LogP contribution in [-0.2, 0) is 5.54 Å². The van der Waals surface area contributed by atoms with Crippen molar-refractivity contribution in [1.82, 2.24) is 0 Å². The average Bonchev–Trinajstić information content (AvgIpc) is 3.13. The van der Waals surface area contributed by atoms with Crippen molar-refractivity contribution in [2.45, 2.75) is 39.7 Å². The third-order valence-electron chi connectivity index (χ3n) is 4.77. The van der Waals surface area contributed by atoms with Crippen molar-refractivity contribution < 1.29 is 9.47 Å². The van der Waals surface area contributed by atoms with Gasteiger partial charge in [0.15, 0.2) is 0 Å². The van der Waals surface area contributed by atoms with Gasteiger partial charge in [-0.15, -0.1) is 0 Å². The molecule has 0 fully saturated rings. The number of rotatable bonds is 6. The molecule has 4 nitrogen and oxygen atoms in total. The summed E-state index contributed by atoms with van der Waals surface area (Å²) in [6, 6.07) is 14.3. The van der Waals surface area contributed by atoms with Crippen molar-refractivity contribution in [1.29, 1.82) is 0 Å². The molecule has 4 rings (SSSR count). The lowest BCUT2D eigenvalue weighted by atomic mass is 9.90. The molecule has 0 saturated heterocycles. The monoisotopic (exact) mass is 426 g/mol. The van der Waals surface area contributed by atoms with E-state index in [-0.39, 0.29) is 5.54 Å². The van der Waals surface area contributed by atoms with E-state index in [4.69, 9.17) is 14.5 Å². The third-order valence-corrected chi connectivity index (χ3v) is 7.41. The molecule has 3 aromatic rings. The van der Waals surface area contributed by atoms with Crippen LogP contribution in [0.15, 0.2) is 47.5 Å². The predicted octanol–water partition coefficient (Wildman–Crippen LogP) is 6.56. The van der Waals surface area contributed by atoms with Crippen LogP contribution in [0.1, 0.15) is 39.0 Å². The molecule has 0 unspecified atom stereocenters. The van der Waals surface area contributed by atoms with Crippen LogP contribution in [0.4, 0.5) is 11.4 Å². The van der Waals surface area contributed by atoms with E-state index in [1.807, 2.05) is 37.3 Å². The molecule has 0 amide bonds. The van der Waals surface area contributed by atoms with Gasteiger partial charge in [0.1, 0.15) is 16.2 Å². The highest BCUT2D eigenvalue weighted by Gasteiger charge is 2.33. The Bertz CT molecular complexity index is 1070. The summed E-state index contributed by atoms with van der Waals surface area (Å²) >= 11 is 0. The van der Waals surface area contributed by atoms with E-state index in [9.17, 15) is 0 Å². The Morgan fingerprint density at radius 1 is 0.966 bits per heavy atom. The molecular weight excluding hydrogens is 400 g/mol. The maximum atomic E-state index is 5.75. The van der Waals surface area contributed by atoms with Crippen LogP contribution in [-0.4, -0.2) is 13.2 Å². The minimum atomic E-state index is -0.137. The summed E-state index contributed by atoms with van der Waals surface area (Å²) in [6.45, 7) is 9.94. The first-order valence-electron chi connectivity index (χ1n) is 9.98. The molecule has 1 aliphatic rings. The number of nitrogens with one attached hydrogen (secondary N) is 1. The average molecular weight is 427 g/mol. The Labute approximate surface area is 179 Å². The number of anilines is 1. The van der Waals surface area contributed by atoms with Gasteiger partial charge in [-0.2, -0.15) is 0 Å². The smallest absolute Gasteiger partial charge is 0.135 e. The number of ether oxygens (including phenoxy) is 2. The van der Waals surface area contributed by atoms with Crippen LogP contribution in [0.2, 0.25) is 0 Å². The third kappa shape index (κ3) is 4.05. The lowest BCUT2D eigenvalue weighted by Crippen LogP contribution is -2.31. The summed E-state index contributed by atoms with van der Waals surface area (Å²) in [5.74, 6) is 1.78. The Kier molecular flexibility index (Phi) is 5.65. The molecule has 2 aromatic carbocycles. The highest BCUT2D eigenvalue weighted by Crippen LogP contribution is 2.46. The minimum Gasteiger partial charge on any atom is -0.494 e. The van der Waals surface area contributed by atoms with Crippen LogP contribution in [0.25, 0.3) is 11.1 Å². The topological polar surface area (TPSA) is 42.9 Å². The second-order valence-electron chi connectivity index (χ2n) is 7.52. The molecule has 0 aliphatic carbocycles. The molecule has 0 saturated carbocycles. The molecule has 0 radical (unpaired) electrons. The molecule has 0 spiro atoms. The zero-order chi connectivity index (χ0) is 20.4. The van der Waals surface area contributed by atoms with Gasteiger partial charge in [0.25, 0.3) is 0 Å². The molecule has 6 heteroatoms. The highest BCUT2D eigenvalue weighted by molar-refractivity contribution is 7.68. The summed E-state index contributed by atoms with van der Waals surface area (Å²) in [5.41, 5.74) is 4.29. The summed E-state index contributed by atoms with van der Waals surface area (Å²) < 4.78 is 12.5. The number of hydrogen-bond acceptors (Lipinski definition) is 6. The van der Waals surface area contributed by atoms with Gasteiger partial charge < -0.3 is 14.8 Å². The predicted molar refractivity (Wildman–Crippen MR) is 123 cm³/mol. The SMILES string of the molecule is CCCOc1ccc(N=c2ssc3c2-c2cc(OCC)ccc2NC3(C)C)cc1. The Hall–Kier alpha value is -2.31. The summed E-state index contributed by atoms with van der Waals surface area (Å²) in [4.78, 5) is 6.29. The first-order valence-corrected chi connectivity index (χ1v) is 12.1. The Morgan fingerprint density at radius 2 is 1.72 bits per heavy atom. The molecule has 152 valence electrons. The zero-order valence-electron chi connectivity index (χ0n) is 17.2. The normalized spacial score (nSPS) is 14.7.